The second-order valence-corrected chi connectivity index (χ2v) is 4.94. The molecule has 3 N–H and O–H groups in total. The smallest absolute Gasteiger partial charge is 0.273 e. The molecule has 1 aromatic rings. The van der Waals surface area contributed by atoms with Gasteiger partial charge in [-0.2, -0.15) is 0 Å². The Morgan fingerprint density at radius 1 is 1.65 bits per heavy atom. The van der Waals surface area contributed by atoms with Crippen LogP contribution in [0, 0.1) is 0 Å². The van der Waals surface area contributed by atoms with E-state index in [9.17, 15) is 4.79 Å². The highest BCUT2D eigenvalue weighted by Crippen LogP contribution is 2.13. The molecule has 0 aliphatic carbocycles. The first-order valence-electron chi connectivity index (χ1n) is 5.66. The van der Waals surface area contributed by atoms with Crippen LogP contribution in [0.2, 0.25) is 0 Å². The average Bonchev–Trinajstić information content (AvgIpc) is 2.77. The van der Waals surface area contributed by atoms with Crippen molar-refractivity contribution in [2.24, 2.45) is 5.73 Å². The van der Waals surface area contributed by atoms with E-state index in [2.05, 4.69) is 4.98 Å². The Morgan fingerprint density at radius 3 is 2.82 bits per heavy atom. The van der Waals surface area contributed by atoms with Gasteiger partial charge in [0, 0.05) is 31.1 Å². The molecule has 0 fully saturated rings. The molecule has 6 heteroatoms. The van der Waals surface area contributed by atoms with E-state index >= 15 is 0 Å². The second-order valence-electron chi connectivity index (χ2n) is 4.00. The molecule has 96 valence electrons. The van der Waals surface area contributed by atoms with Gasteiger partial charge in [-0.3, -0.25) is 4.79 Å². The number of carbonyl (C=O) groups is 1. The molecule has 0 spiro atoms. The van der Waals surface area contributed by atoms with Crippen molar-refractivity contribution in [1.29, 1.82) is 0 Å². The highest BCUT2D eigenvalue weighted by atomic mass is 32.1. The van der Waals surface area contributed by atoms with Gasteiger partial charge in [0.25, 0.3) is 5.91 Å². The highest BCUT2D eigenvalue weighted by Gasteiger charge is 2.20. The zero-order valence-corrected chi connectivity index (χ0v) is 11.0. The van der Waals surface area contributed by atoms with Gasteiger partial charge in [-0.05, 0) is 20.3 Å². The van der Waals surface area contributed by atoms with Gasteiger partial charge < -0.3 is 15.7 Å². The van der Waals surface area contributed by atoms with Crippen molar-refractivity contribution in [2.45, 2.75) is 32.9 Å². The molecule has 17 heavy (non-hydrogen) atoms. The van der Waals surface area contributed by atoms with Crippen molar-refractivity contribution in [1.82, 2.24) is 9.88 Å². The third-order valence-corrected chi connectivity index (χ3v) is 3.26. The van der Waals surface area contributed by atoms with Gasteiger partial charge in [-0.1, -0.05) is 0 Å². The number of nitrogens with two attached hydrogens (primary N) is 1. The maximum Gasteiger partial charge on any atom is 0.273 e. The SMILES string of the molecule is CC(C)N(CCCO)C(=O)c1csc(CN)n1. The van der Waals surface area contributed by atoms with E-state index < -0.39 is 0 Å². The topological polar surface area (TPSA) is 79.5 Å². The maximum absolute atomic E-state index is 12.2. The molecule has 0 aliphatic rings. The van der Waals surface area contributed by atoms with Gasteiger partial charge in [0.1, 0.15) is 10.7 Å². The number of hydrogen-bond donors (Lipinski definition) is 2. The van der Waals surface area contributed by atoms with Crippen LogP contribution in [0.4, 0.5) is 0 Å². The zero-order valence-electron chi connectivity index (χ0n) is 10.2. The molecular formula is C11H19N3O2S. The Bertz CT molecular complexity index is 365. The average molecular weight is 257 g/mol. The first-order chi connectivity index (χ1) is 8.10. The van der Waals surface area contributed by atoms with Crippen LogP contribution in [-0.4, -0.2) is 40.1 Å². The molecule has 0 unspecified atom stereocenters. The number of thiazole rings is 1. The van der Waals surface area contributed by atoms with Gasteiger partial charge in [-0.25, -0.2) is 4.98 Å². The molecule has 1 amide bonds. The molecule has 0 atom stereocenters. The van der Waals surface area contributed by atoms with Crippen LogP contribution in [0.15, 0.2) is 5.38 Å². The normalized spacial score (nSPS) is 10.9. The lowest BCUT2D eigenvalue weighted by atomic mass is 10.2. The predicted molar refractivity (Wildman–Crippen MR) is 67.9 cm³/mol. The lowest BCUT2D eigenvalue weighted by Gasteiger charge is -2.25. The summed E-state index contributed by atoms with van der Waals surface area (Å²) in [4.78, 5) is 18.1. The number of amides is 1. The third kappa shape index (κ3) is 3.76. The van der Waals surface area contributed by atoms with E-state index in [0.717, 1.165) is 5.01 Å². The molecular weight excluding hydrogens is 238 g/mol. The standard InChI is InChI=1S/C11H19N3O2S/c1-8(2)14(4-3-5-15)11(16)9-7-17-10(6-12)13-9/h7-8,15H,3-6,12H2,1-2H3. The Morgan fingerprint density at radius 2 is 2.35 bits per heavy atom. The van der Waals surface area contributed by atoms with Gasteiger partial charge in [0.15, 0.2) is 0 Å². The van der Waals surface area contributed by atoms with E-state index in [-0.39, 0.29) is 18.6 Å². The molecule has 1 heterocycles. The number of aromatic nitrogens is 1. The summed E-state index contributed by atoms with van der Waals surface area (Å²) in [6.45, 7) is 4.89. The minimum absolute atomic E-state index is 0.0849. The van der Waals surface area contributed by atoms with Crippen LogP contribution >= 0.6 is 11.3 Å². The summed E-state index contributed by atoms with van der Waals surface area (Å²) in [6, 6.07) is 0.0945. The van der Waals surface area contributed by atoms with E-state index in [1.807, 2.05) is 13.8 Å². The Kier molecular flexibility index (Phi) is 5.54. The number of rotatable bonds is 6. The van der Waals surface area contributed by atoms with E-state index in [4.69, 9.17) is 10.8 Å². The maximum atomic E-state index is 12.2. The fraction of sp³-hybridized carbons (Fsp3) is 0.636. The van der Waals surface area contributed by atoms with Crippen LogP contribution in [0.25, 0.3) is 0 Å². The summed E-state index contributed by atoms with van der Waals surface area (Å²) in [7, 11) is 0. The lowest BCUT2D eigenvalue weighted by Crippen LogP contribution is -2.38. The van der Waals surface area contributed by atoms with Crippen molar-refractivity contribution in [3.05, 3.63) is 16.1 Å². The zero-order chi connectivity index (χ0) is 12.8. The summed E-state index contributed by atoms with van der Waals surface area (Å²) in [5.74, 6) is -0.0931. The first kappa shape index (κ1) is 14.1. The molecule has 0 radical (unpaired) electrons. The highest BCUT2D eigenvalue weighted by molar-refractivity contribution is 7.09. The van der Waals surface area contributed by atoms with Gasteiger partial charge >= 0.3 is 0 Å². The largest absolute Gasteiger partial charge is 0.396 e. The number of aliphatic hydroxyl groups is 1. The van der Waals surface area contributed by atoms with Gasteiger partial charge in [0.2, 0.25) is 0 Å². The molecule has 1 rings (SSSR count). The molecule has 0 aliphatic heterocycles. The van der Waals surface area contributed by atoms with Crippen molar-refractivity contribution in [2.75, 3.05) is 13.2 Å². The predicted octanol–water partition coefficient (Wildman–Crippen LogP) is 0.835. The summed E-state index contributed by atoms with van der Waals surface area (Å²) in [6.07, 6.45) is 0.581. The molecule has 0 aromatic carbocycles. The van der Waals surface area contributed by atoms with Crippen molar-refractivity contribution < 1.29 is 9.90 Å². The van der Waals surface area contributed by atoms with Crippen molar-refractivity contribution >= 4 is 17.2 Å². The minimum Gasteiger partial charge on any atom is -0.396 e. The summed E-state index contributed by atoms with van der Waals surface area (Å²) in [5.41, 5.74) is 5.92. The number of nitrogens with zero attached hydrogens (tertiary/aromatic N) is 2. The van der Waals surface area contributed by atoms with Crippen LogP contribution in [0.5, 0.6) is 0 Å². The summed E-state index contributed by atoms with van der Waals surface area (Å²) >= 11 is 1.40. The lowest BCUT2D eigenvalue weighted by molar-refractivity contribution is 0.0687. The fourth-order valence-corrected chi connectivity index (χ4v) is 2.13. The summed E-state index contributed by atoms with van der Waals surface area (Å²) < 4.78 is 0. The monoisotopic (exact) mass is 257 g/mol. The van der Waals surface area contributed by atoms with E-state index in [1.54, 1.807) is 10.3 Å². The van der Waals surface area contributed by atoms with E-state index in [0.29, 0.717) is 25.2 Å². The van der Waals surface area contributed by atoms with Crippen LogP contribution in [0.3, 0.4) is 0 Å². The number of hydrogen-bond acceptors (Lipinski definition) is 5. The summed E-state index contributed by atoms with van der Waals surface area (Å²) in [5, 5.41) is 11.3. The Hall–Kier alpha value is -0.980. The van der Waals surface area contributed by atoms with Gasteiger partial charge in [0.05, 0.1) is 0 Å². The fourth-order valence-electron chi connectivity index (χ4n) is 1.49. The van der Waals surface area contributed by atoms with Crippen molar-refractivity contribution in [3.8, 4) is 0 Å². The number of carbonyl (C=O) groups excluding carboxylic acids is 1. The second kappa shape index (κ2) is 6.68. The van der Waals surface area contributed by atoms with Crippen LogP contribution < -0.4 is 5.73 Å². The minimum atomic E-state index is -0.0931. The quantitative estimate of drug-likeness (QED) is 0.791. The van der Waals surface area contributed by atoms with Gasteiger partial charge in [-0.15, -0.1) is 11.3 Å². The molecule has 5 nitrogen and oxygen atoms in total. The molecule has 0 saturated heterocycles. The first-order valence-corrected chi connectivity index (χ1v) is 6.54. The Labute approximate surface area is 105 Å². The van der Waals surface area contributed by atoms with Crippen molar-refractivity contribution in [3.63, 3.8) is 0 Å². The molecule has 0 bridgehead atoms. The molecule has 0 saturated carbocycles. The van der Waals surface area contributed by atoms with Crippen LogP contribution in [-0.2, 0) is 6.54 Å². The Balaban J connectivity index is 2.76. The third-order valence-electron chi connectivity index (χ3n) is 2.39. The van der Waals surface area contributed by atoms with Crippen LogP contribution in [0.1, 0.15) is 35.8 Å². The number of aliphatic hydroxyl groups excluding tert-OH is 1. The molecule has 1 aromatic heterocycles. The van der Waals surface area contributed by atoms with E-state index in [1.165, 1.54) is 11.3 Å².